The van der Waals surface area contributed by atoms with E-state index in [0.717, 1.165) is 29.5 Å². The zero-order valence-corrected chi connectivity index (χ0v) is 18.2. The number of anilines is 1. The predicted octanol–water partition coefficient (Wildman–Crippen LogP) is 0.899. The van der Waals surface area contributed by atoms with Crippen molar-refractivity contribution in [2.24, 2.45) is 0 Å². The maximum absolute atomic E-state index is 5.75. The molecule has 2 heterocycles. The van der Waals surface area contributed by atoms with E-state index in [9.17, 15) is 0 Å². The van der Waals surface area contributed by atoms with E-state index in [1.807, 2.05) is 12.1 Å². The van der Waals surface area contributed by atoms with E-state index in [-0.39, 0.29) is 0 Å². The first-order chi connectivity index (χ1) is 13.5. The highest BCUT2D eigenvalue weighted by Gasteiger charge is 2.20. The van der Waals surface area contributed by atoms with Gasteiger partial charge in [0, 0.05) is 18.7 Å². The fraction of sp³-hybridized carbons (Fsp3) is 0.500. The second-order valence-electron chi connectivity index (χ2n) is 8.04. The van der Waals surface area contributed by atoms with Gasteiger partial charge in [0.25, 0.3) is 0 Å². The molecule has 5 nitrogen and oxygen atoms in total. The number of hydrogen-bond donors (Lipinski definition) is 3. The summed E-state index contributed by atoms with van der Waals surface area (Å²) in [5.74, 6) is 0.944. The first-order valence-corrected chi connectivity index (χ1v) is 10.7. The lowest BCUT2D eigenvalue weighted by molar-refractivity contribution is -1.00. The van der Waals surface area contributed by atoms with Gasteiger partial charge in [-0.25, -0.2) is 0 Å². The van der Waals surface area contributed by atoms with Crippen molar-refractivity contribution in [3.05, 3.63) is 53.5 Å². The number of quaternary nitrogens is 2. The van der Waals surface area contributed by atoms with Gasteiger partial charge in [-0.1, -0.05) is 6.07 Å². The van der Waals surface area contributed by atoms with E-state index in [1.54, 1.807) is 16.1 Å². The van der Waals surface area contributed by atoms with Crippen LogP contribution in [-0.4, -0.2) is 56.3 Å². The smallest absolute Gasteiger partial charge is 0.173 e. The Morgan fingerprint density at radius 1 is 1.14 bits per heavy atom. The molecule has 1 aromatic carbocycles. The van der Waals surface area contributed by atoms with E-state index < -0.39 is 0 Å². The van der Waals surface area contributed by atoms with Crippen LogP contribution in [0.2, 0.25) is 0 Å². The number of furan rings is 1. The first kappa shape index (κ1) is 20.8. The highest BCUT2D eigenvalue weighted by molar-refractivity contribution is 7.80. The second kappa shape index (κ2) is 10.0. The zero-order valence-electron chi connectivity index (χ0n) is 17.4. The monoisotopic (exact) mass is 402 g/mol. The Labute approximate surface area is 174 Å². The van der Waals surface area contributed by atoms with Crippen molar-refractivity contribution < 1.29 is 14.2 Å². The van der Waals surface area contributed by atoms with Gasteiger partial charge in [-0.05, 0) is 61.5 Å². The summed E-state index contributed by atoms with van der Waals surface area (Å²) < 4.78 is 5.57. The Bertz CT molecular complexity index is 754. The largest absolute Gasteiger partial charge is 0.467 e. The average Bonchev–Trinajstić information content (AvgIpc) is 3.18. The lowest BCUT2D eigenvalue weighted by Gasteiger charge is -2.29. The van der Waals surface area contributed by atoms with Crippen LogP contribution >= 0.6 is 12.2 Å². The van der Waals surface area contributed by atoms with Crippen molar-refractivity contribution in [2.75, 3.05) is 51.6 Å². The summed E-state index contributed by atoms with van der Waals surface area (Å²) in [7, 11) is 2.29. The van der Waals surface area contributed by atoms with E-state index in [4.69, 9.17) is 16.6 Å². The molecule has 0 amide bonds. The number of rotatable bonds is 7. The average molecular weight is 403 g/mol. The molecule has 1 aliphatic heterocycles. The van der Waals surface area contributed by atoms with Gasteiger partial charge in [0.2, 0.25) is 0 Å². The third-order valence-corrected chi connectivity index (χ3v) is 6.10. The minimum absolute atomic E-state index is 0.700. The van der Waals surface area contributed by atoms with E-state index in [2.05, 4.69) is 49.3 Å². The summed E-state index contributed by atoms with van der Waals surface area (Å²) in [6.07, 6.45) is 2.86. The van der Waals surface area contributed by atoms with E-state index in [1.165, 1.54) is 43.9 Å². The van der Waals surface area contributed by atoms with Gasteiger partial charge in [0.15, 0.2) is 5.11 Å². The number of nitrogens with zero attached hydrogens (tertiary/aromatic N) is 1. The molecule has 6 heteroatoms. The molecule has 3 rings (SSSR count). The number of thiocarbonyl (C=S) groups is 1. The van der Waals surface area contributed by atoms with Gasteiger partial charge in [-0.15, -0.1) is 0 Å². The topological polar surface area (TPSA) is 37.3 Å². The Morgan fingerprint density at radius 2 is 1.93 bits per heavy atom. The normalized spacial score (nSPS) is 19.4. The van der Waals surface area contributed by atoms with Crippen LogP contribution in [-0.2, 0) is 6.54 Å². The van der Waals surface area contributed by atoms with Crippen LogP contribution < -0.4 is 15.1 Å². The standard InChI is InChI=1S/C22H32N4OS/c1-18-7-8-20(16-19(18)2)23-22(28)26(17-21-6-4-15-27-21)10-5-9-25-13-11-24(3)12-14-25/h4,6-8,15-16H,5,9-14,17H2,1-3H3,(H,23,28)/p+2. The fourth-order valence-electron chi connectivity index (χ4n) is 3.67. The molecule has 0 saturated carbocycles. The number of hydrogen-bond acceptors (Lipinski definition) is 2. The number of benzene rings is 1. The Morgan fingerprint density at radius 3 is 2.61 bits per heavy atom. The summed E-state index contributed by atoms with van der Waals surface area (Å²) in [6.45, 7) is 12.2. The third kappa shape index (κ3) is 6.06. The molecule has 0 unspecified atom stereocenters. The molecule has 2 aromatic rings. The first-order valence-electron chi connectivity index (χ1n) is 10.3. The van der Waals surface area contributed by atoms with Gasteiger partial charge in [-0.2, -0.15) is 0 Å². The lowest BCUT2D eigenvalue weighted by atomic mass is 10.1. The molecule has 152 valence electrons. The highest BCUT2D eigenvalue weighted by atomic mass is 32.1. The fourth-order valence-corrected chi connectivity index (χ4v) is 3.94. The molecule has 1 fully saturated rings. The van der Waals surface area contributed by atoms with Crippen molar-refractivity contribution in [1.82, 2.24) is 4.90 Å². The molecule has 28 heavy (non-hydrogen) atoms. The van der Waals surface area contributed by atoms with Gasteiger partial charge in [-0.3, -0.25) is 0 Å². The van der Waals surface area contributed by atoms with Crippen molar-refractivity contribution in [2.45, 2.75) is 26.8 Å². The SMILES string of the molecule is Cc1ccc(NC(=S)N(CCC[NH+]2CC[NH+](C)CC2)Cc2ccco2)cc1C. The Kier molecular flexibility index (Phi) is 7.48. The van der Waals surface area contributed by atoms with Crippen LogP contribution in [0.4, 0.5) is 5.69 Å². The Balaban J connectivity index is 1.57. The van der Waals surface area contributed by atoms with E-state index in [0.29, 0.717) is 6.54 Å². The van der Waals surface area contributed by atoms with Crippen LogP contribution in [0.15, 0.2) is 41.0 Å². The molecule has 1 saturated heterocycles. The summed E-state index contributed by atoms with van der Waals surface area (Å²) in [5, 5.41) is 4.18. The number of piperazine rings is 1. The van der Waals surface area contributed by atoms with Crippen molar-refractivity contribution in [3.8, 4) is 0 Å². The summed E-state index contributed by atoms with van der Waals surface area (Å²) in [4.78, 5) is 5.60. The lowest BCUT2D eigenvalue weighted by Crippen LogP contribution is -3.27. The minimum Gasteiger partial charge on any atom is -0.467 e. The van der Waals surface area contributed by atoms with Gasteiger partial charge >= 0.3 is 0 Å². The Hall–Kier alpha value is -1.89. The van der Waals surface area contributed by atoms with Crippen LogP contribution in [0.1, 0.15) is 23.3 Å². The molecule has 0 bridgehead atoms. The number of aryl methyl sites for hydroxylation is 2. The predicted molar refractivity (Wildman–Crippen MR) is 118 cm³/mol. The summed E-state index contributed by atoms with van der Waals surface area (Å²) >= 11 is 5.75. The summed E-state index contributed by atoms with van der Waals surface area (Å²) in [6, 6.07) is 10.3. The molecular formula is C22H34N4OS+2. The molecule has 0 aliphatic carbocycles. The van der Waals surface area contributed by atoms with Crippen LogP contribution in [0.3, 0.4) is 0 Å². The van der Waals surface area contributed by atoms with Crippen molar-refractivity contribution in [3.63, 3.8) is 0 Å². The van der Waals surface area contributed by atoms with E-state index >= 15 is 0 Å². The van der Waals surface area contributed by atoms with Crippen LogP contribution in [0.5, 0.6) is 0 Å². The van der Waals surface area contributed by atoms with Gasteiger partial charge < -0.3 is 24.4 Å². The molecule has 3 N–H and O–H groups in total. The second-order valence-corrected chi connectivity index (χ2v) is 8.43. The maximum atomic E-state index is 5.75. The van der Waals surface area contributed by atoms with Gasteiger partial charge in [0.1, 0.15) is 31.9 Å². The van der Waals surface area contributed by atoms with Crippen LogP contribution in [0, 0.1) is 13.8 Å². The quantitative estimate of drug-likeness (QED) is 0.602. The molecule has 0 radical (unpaired) electrons. The summed E-state index contributed by atoms with van der Waals surface area (Å²) in [5.41, 5.74) is 3.61. The number of nitrogens with one attached hydrogen (secondary N) is 3. The molecule has 1 aromatic heterocycles. The highest BCUT2D eigenvalue weighted by Crippen LogP contribution is 2.16. The van der Waals surface area contributed by atoms with Crippen molar-refractivity contribution >= 4 is 23.0 Å². The molecule has 0 atom stereocenters. The van der Waals surface area contributed by atoms with Crippen LogP contribution in [0.25, 0.3) is 0 Å². The minimum atomic E-state index is 0.700. The zero-order chi connectivity index (χ0) is 19.9. The number of likely N-dealkylation sites (N-methyl/N-ethyl adjacent to an activating group) is 1. The molecule has 1 aliphatic rings. The van der Waals surface area contributed by atoms with Crippen molar-refractivity contribution in [1.29, 1.82) is 0 Å². The maximum Gasteiger partial charge on any atom is 0.173 e. The molecular weight excluding hydrogens is 368 g/mol. The third-order valence-electron chi connectivity index (χ3n) is 5.74. The molecule has 0 spiro atoms. The van der Waals surface area contributed by atoms with Gasteiger partial charge in [0.05, 0.1) is 26.4 Å².